The minimum Gasteiger partial charge on any atom is -0.493 e. The Kier molecular flexibility index (Phi) is 5.40. The van der Waals surface area contributed by atoms with Crippen molar-refractivity contribution in [1.29, 1.82) is 0 Å². The van der Waals surface area contributed by atoms with E-state index in [-0.39, 0.29) is 30.6 Å². The van der Waals surface area contributed by atoms with E-state index in [1.807, 2.05) is 12.1 Å². The molecule has 0 atom stereocenters. The summed E-state index contributed by atoms with van der Waals surface area (Å²) in [6.45, 7) is 0.145. The number of nitrogens with one attached hydrogen (secondary N) is 1. The topological polar surface area (TPSA) is 60.7 Å². The number of rotatable bonds is 5. The van der Waals surface area contributed by atoms with Crippen LogP contribution >= 0.6 is 0 Å². The van der Waals surface area contributed by atoms with Crippen LogP contribution in [-0.4, -0.2) is 26.2 Å². The molecule has 0 unspecified atom stereocenters. The highest BCUT2D eigenvalue weighted by atomic mass is 19.1. The molecule has 0 spiro atoms. The number of hydrogen-bond acceptors (Lipinski definition) is 4. The third-order valence-electron chi connectivity index (χ3n) is 3.55. The lowest BCUT2D eigenvalue weighted by Crippen LogP contribution is -2.23. The average molecular weight is 353 g/mol. The number of amides is 1. The number of carbonyl (C=O) groups excluding carboxylic acids is 1. The predicted molar refractivity (Wildman–Crippen MR) is 94.8 cm³/mol. The van der Waals surface area contributed by atoms with Crippen molar-refractivity contribution in [3.8, 4) is 23.3 Å². The molecule has 1 aromatic heterocycles. The molecule has 0 saturated heterocycles. The number of benzene rings is 2. The molecule has 0 bridgehead atoms. The van der Waals surface area contributed by atoms with Crippen LogP contribution in [-0.2, 0) is 0 Å². The van der Waals surface area contributed by atoms with Gasteiger partial charge in [0.2, 0.25) is 0 Å². The highest BCUT2D eigenvalue weighted by Gasteiger charge is 2.13. The van der Waals surface area contributed by atoms with Crippen LogP contribution in [0.4, 0.5) is 4.39 Å². The number of halogens is 1. The van der Waals surface area contributed by atoms with E-state index in [4.69, 9.17) is 13.9 Å². The summed E-state index contributed by atoms with van der Waals surface area (Å²) in [7, 11) is 1.54. The average Bonchev–Trinajstić information content (AvgIpc) is 3.10. The summed E-state index contributed by atoms with van der Waals surface area (Å²) >= 11 is 0. The summed E-state index contributed by atoms with van der Waals surface area (Å²) in [5, 5.41) is 3.41. The zero-order valence-corrected chi connectivity index (χ0v) is 14.0. The first-order valence-corrected chi connectivity index (χ1v) is 7.87. The fraction of sp³-hybridized carbons (Fsp3) is 0.150. The number of furan rings is 1. The lowest BCUT2D eigenvalue weighted by atomic mass is 10.2. The van der Waals surface area contributed by atoms with Gasteiger partial charge in [0.1, 0.15) is 6.61 Å². The third-order valence-corrected chi connectivity index (χ3v) is 3.55. The highest BCUT2D eigenvalue weighted by molar-refractivity contribution is 5.97. The second kappa shape index (κ2) is 8.08. The fourth-order valence-electron chi connectivity index (χ4n) is 2.31. The van der Waals surface area contributed by atoms with Gasteiger partial charge in [0.25, 0.3) is 5.91 Å². The first kappa shape index (κ1) is 17.4. The van der Waals surface area contributed by atoms with Crippen LogP contribution in [0.1, 0.15) is 10.6 Å². The second-order valence-electron chi connectivity index (χ2n) is 5.24. The molecule has 0 aliphatic carbocycles. The van der Waals surface area contributed by atoms with E-state index in [2.05, 4.69) is 17.2 Å². The SMILES string of the molecule is COc1cccc2cc(C(=O)NCC#CCOc3ccccc3F)oc12. The molecule has 6 heteroatoms. The number of hydrogen-bond donors (Lipinski definition) is 1. The second-order valence-corrected chi connectivity index (χ2v) is 5.24. The number of ether oxygens (including phenoxy) is 2. The highest BCUT2D eigenvalue weighted by Crippen LogP contribution is 2.28. The third kappa shape index (κ3) is 3.95. The fourth-order valence-corrected chi connectivity index (χ4v) is 2.31. The molecular formula is C20H16FNO4. The Bertz CT molecular complexity index is 984. The number of carbonyl (C=O) groups is 1. The van der Waals surface area contributed by atoms with Crippen molar-refractivity contribution in [1.82, 2.24) is 5.32 Å². The Balaban J connectivity index is 1.53. The molecule has 1 heterocycles. The normalized spacial score (nSPS) is 10.1. The van der Waals surface area contributed by atoms with E-state index in [1.165, 1.54) is 19.2 Å². The van der Waals surface area contributed by atoms with Crippen molar-refractivity contribution in [2.24, 2.45) is 0 Å². The molecule has 0 radical (unpaired) electrons. The van der Waals surface area contributed by atoms with Crippen molar-refractivity contribution >= 4 is 16.9 Å². The number of methoxy groups -OCH3 is 1. The van der Waals surface area contributed by atoms with Gasteiger partial charge < -0.3 is 19.2 Å². The van der Waals surface area contributed by atoms with Gasteiger partial charge in [0.05, 0.1) is 13.7 Å². The number of fused-ring (bicyclic) bond motifs is 1. The Morgan fingerprint density at radius 3 is 2.77 bits per heavy atom. The summed E-state index contributed by atoms with van der Waals surface area (Å²) in [4.78, 5) is 12.1. The monoisotopic (exact) mass is 353 g/mol. The van der Waals surface area contributed by atoms with Gasteiger partial charge in [-0.1, -0.05) is 36.1 Å². The maximum absolute atomic E-state index is 13.4. The summed E-state index contributed by atoms with van der Waals surface area (Å²) in [5.74, 6) is 5.50. The van der Waals surface area contributed by atoms with E-state index < -0.39 is 5.82 Å². The van der Waals surface area contributed by atoms with Crippen molar-refractivity contribution < 1.29 is 23.1 Å². The van der Waals surface area contributed by atoms with Crippen LogP contribution in [0.3, 0.4) is 0 Å². The molecule has 0 saturated carbocycles. The summed E-state index contributed by atoms with van der Waals surface area (Å²) in [5.41, 5.74) is 0.518. The Labute approximate surface area is 149 Å². The van der Waals surface area contributed by atoms with Gasteiger partial charge in [-0.25, -0.2) is 4.39 Å². The Hall–Kier alpha value is -3.46. The van der Waals surface area contributed by atoms with Gasteiger partial charge >= 0.3 is 0 Å². The zero-order chi connectivity index (χ0) is 18.4. The first-order valence-electron chi connectivity index (χ1n) is 7.87. The van der Waals surface area contributed by atoms with E-state index in [9.17, 15) is 9.18 Å². The smallest absolute Gasteiger partial charge is 0.287 e. The van der Waals surface area contributed by atoms with E-state index in [0.29, 0.717) is 11.3 Å². The van der Waals surface area contributed by atoms with Crippen LogP contribution in [0, 0.1) is 17.7 Å². The van der Waals surface area contributed by atoms with E-state index >= 15 is 0 Å². The molecular weight excluding hydrogens is 337 g/mol. The molecule has 3 aromatic rings. The van der Waals surface area contributed by atoms with E-state index in [1.54, 1.807) is 24.3 Å². The van der Waals surface area contributed by atoms with Gasteiger partial charge in [-0.3, -0.25) is 4.79 Å². The lowest BCUT2D eigenvalue weighted by molar-refractivity contribution is 0.0933. The summed E-state index contributed by atoms with van der Waals surface area (Å²) < 4.78 is 29.3. The van der Waals surface area contributed by atoms with Crippen LogP contribution in [0.5, 0.6) is 11.5 Å². The maximum Gasteiger partial charge on any atom is 0.287 e. The largest absolute Gasteiger partial charge is 0.493 e. The van der Waals surface area contributed by atoms with Gasteiger partial charge in [0.15, 0.2) is 28.7 Å². The van der Waals surface area contributed by atoms with Crippen LogP contribution < -0.4 is 14.8 Å². The standard InChI is InChI=1S/C20H16FNO4/c1-24-17-10-6-7-14-13-18(26-19(14)17)20(23)22-11-4-5-12-25-16-9-3-2-8-15(16)21/h2-3,6-10,13H,11-12H2,1H3,(H,22,23). The van der Waals surface area contributed by atoms with Crippen molar-refractivity contribution in [3.05, 3.63) is 60.1 Å². The predicted octanol–water partition coefficient (Wildman–Crippen LogP) is 3.39. The van der Waals surface area contributed by atoms with Gasteiger partial charge in [-0.2, -0.15) is 0 Å². The van der Waals surface area contributed by atoms with Crippen molar-refractivity contribution in [3.63, 3.8) is 0 Å². The molecule has 132 valence electrons. The van der Waals surface area contributed by atoms with Gasteiger partial charge in [-0.15, -0.1) is 0 Å². The van der Waals surface area contributed by atoms with Crippen molar-refractivity contribution in [2.45, 2.75) is 0 Å². The van der Waals surface area contributed by atoms with Crippen molar-refractivity contribution in [2.75, 3.05) is 20.3 Å². The number of para-hydroxylation sites is 2. The zero-order valence-electron chi connectivity index (χ0n) is 14.0. The van der Waals surface area contributed by atoms with Crippen LogP contribution in [0.15, 0.2) is 52.9 Å². The van der Waals surface area contributed by atoms with Crippen LogP contribution in [0.25, 0.3) is 11.0 Å². The van der Waals surface area contributed by atoms with Crippen LogP contribution in [0.2, 0.25) is 0 Å². The molecule has 0 fully saturated rings. The lowest BCUT2D eigenvalue weighted by Gasteiger charge is -2.02. The molecule has 26 heavy (non-hydrogen) atoms. The van der Waals surface area contributed by atoms with E-state index in [0.717, 1.165) is 5.39 Å². The quantitative estimate of drug-likeness (QED) is 0.714. The molecule has 0 aliphatic heterocycles. The molecule has 0 aliphatic rings. The molecule has 5 nitrogen and oxygen atoms in total. The molecule has 1 N–H and O–H groups in total. The molecule has 1 amide bonds. The Morgan fingerprint density at radius 1 is 1.15 bits per heavy atom. The Morgan fingerprint density at radius 2 is 1.96 bits per heavy atom. The minimum absolute atomic E-state index is 0.0264. The first-order chi connectivity index (χ1) is 12.7. The maximum atomic E-state index is 13.4. The molecule has 2 aromatic carbocycles. The summed E-state index contributed by atoms with van der Waals surface area (Å²) in [6.07, 6.45) is 0. The summed E-state index contributed by atoms with van der Waals surface area (Å²) in [6, 6.07) is 13.1. The van der Waals surface area contributed by atoms with Gasteiger partial charge in [-0.05, 0) is 24.3 Å². The minimum atomic E-state index is -0.442. The van der Waals surface area contributed by atoms with Gasteiger partial charge in [0, 0.05) is 5.39 Å². The molecule has 3 rings (SSSR count).